The van der Waals surface area contributed by atoms with Gasteiger partial charge in [-0.2, -0.15) is 0 Å². The number of hydrogen-bond donors (Lipinski definition) is 1. The maximum Gasteiger partial charge on any atom is 0.129 e. The molecular weight excluding hydrogens is 248 g/mol. The highest BCUT2D eigenvalue weighted by molar-refractivity contribution is 5.84. The standard InChI is InChI=1S/C17H20N2O/c18-15-11-16(17(15)8-1-2-9-17)20-14-7-3-6-13-12(14)5-4-10-19-13/h3-7,10,15-16H,1-2,8-9,11,18H2. The van der Waals surface area contributed by atoms with E-state index in [1.54, 1.807) is 0 Å². The normalized spacial score (nSPS) is 27.6. The molecular formula is C17H20N2O. The van der Waals surface area contributed by atoms with Crippen molar-refractivity contribution in [3.05, 3.63) is 36.5 Å². The molecule has 1 aromatic carbocycles. The molecule has 2 unspecified atom stereocenters. The van der Waals surface area contributed by atoms with Crippen LogP contribution in [-0.4, -0.2) is 17.1 Å². The number of nitrogens with zero attached hydrogens (tertiary/aromatic N) is 1. The highest BCUT2D eigenvalue weighted by Gasteiger charge is 2.56. The molecule has 2 aliphatic rings. The first-order chi connectivity index (χ1) is 9.79. The molecule has 0 aliphatic heterocycles. The van der Waals surface area contributed by atoms with Gasteiger partial charge in [0.15, 0.2) is 0 Å². The largest absolute Gasteiger partial charge is 0.489 e. The van der Waals surface area contributed by atoms with Gasteiger partial charge in [-0.3, -0.25) is 4.98 Å². The Bertz CT molecular complexity index is 628. The van der Waals surface area contributed by atoms with Gasteiger partial charge in [0.2, 0.25) is 0 Å². The van der Waals surface area contributed by atoms with Gasteiger partial charge in [0.1, 0.15) is 11.9 Å². The number of pyridine rings is 1. The molecule has 2 atom stereocenters. The minimum atomic E-state index is 0.240. The van der Waals surface area contributed by atoms with Crippen LogP contribution >= 0.6 is 0 Å². The van der Waals surface area contributed by atoms with Crippen LogP contribution in [0.15, 0.2) is 36.5 Å². The predicted molar refractivity (Wildman–Crippen MR) is 79.7 cm³/mol. The molecule has 1 heterocycles. The summed E-state index contributed by atoms with van der Waals surface area (Å²) in [4.78, 5) is 4.39. The molecule has 3 heteroatoms. The summed E-state index contributed by atoms with van der Waals surface area (Å²) in [5, 5.41) is 1.10. The number of aromatic nitrogens is 1. The predicted octanol–water partition coefficient (Wildman–Crippen LogP) is 3.27. The quantitative estimate of drug-likeness (QED) is 0.909. The Morgan fingerprint density at radius 1 is 1.15 bits per heavy atom. The zero-order valence-electron chi connectivity index (χ0n) is 11.6. The summed E-state index contributed by atoms with van der Waals surface area (Å²) in [6.07, 6.45) is 8.13. The molecule has 20 heavy (non-hydrogen) atoms. The Morgan fingerprint density at radius 2 is 2.00 bits per heavy atom. The van der Waals surface area contributed by atoms with Crippen LogP contribution in [0.1, 0.15) is 32.1 Å². The minimum absolute atomic E-state index is 0.240. The summed E-state index contributed by atoms with van der Waals surface area (Å²) < 4.78 is 6.35. The molecule has 1 aromatic heterocycles. The summed E-state index contributed by atoms with van der Waals surface area (Å²) in [6.45, 7) is 0. The highest BCUT2D eigenvalue weighted by atomic mass is 16.5. The smallest absolute Gasteiger partial charge is 0.129 e. The van der Waals surface area contributed by atoms with Crippen LogP contribution in [0.2, 0.25) is 0 Å². The molecule has 4 rings (SSSR count). The van der Waals surface area contributed by atoms with Crippen LogP contribution in [0.4, 0.5) is 0 Å². The molecule has 2 aliphatic carbocycles. The lowest BCUT2D eigenvalue weighted by molar-refractivity contribution is -0.0612. The molecule has 0 saturated heterocycles. The van der Waals surface area contributed by atoms with Gasteiger partial charge in [-0.15, -0.1) is 0 Å². The number of hydrogen-bond acceptors (Lipinski definition) is 3. The number of ether oxygens (including phenoxy) is 1. The third kappa shape index (κ3) is 1.66. The van der Waals surface area contributed by atoms with Crippen LogP contribution in [-0.2, 0) is 0 Å². The van der Waals surface area contributed by atoms with Gasteiger partial charge < -0.3 is 10.5 Å². The lowest BCUT2D eigenvalue weighted by atomic mass is 9.61. The lowest BCUT2D eigenvalue weighted by Gasteiger charge is -2.52. The zero-order valence-corrected chi connectivity index (χ0v) is 11.6. The van der Waals surface area contributed by atoms with Crippen molar-refractivity contribution in [3.63, 3.8) is 0 Å². The van der Waals surface area contributed by atoms with E-state index in [1.165, 1.54) is 25.7 Å². The maximum atomic E-state index is 6.35. The average molecular weight is 268 g/mol. The number of fused-ring (bicyclic) bond motifs is 1. The third-order valence-electron chi connectivity index (χ3n) is 5.26. The van der Waals surface area contributed by atoms with Crippen LogP contribution < -0.4 is 10.5 Å². The molecule has 104 valence electrons. The topological polar surface area (TPSA) is 48.1 Å². The van der Waals surface area contributed by atoms with E-state index >= 15 is 0 Å². The van der Waals surface area contributed by atoms with Gasteiger partial charge in [-0.1, -0.05) is 18.9 Å². The third-order valence-corrected chi connectivity index (χ3v) is 5.26. The van der Waals surface area contributed by atoms with Gasteiger partial charge in [0.25, 0.3) is 0 Å². The van der Waals surface area contributed by atoms with Crippen LogP contribution in [0.3, 0.4) is 0 Å². The van der Waals surface area contributed by atoms with Crippen molar-refractivity contribution >= 4 is 10.9 Å². The minimum Gasteiger partial charge on any atom is -0.489 e. The maximum absolute atomic E-state index is 6.35. The van der Waals surface area contributed by atoms with Gasteiger partial charge >= 0.3 is 0 Å². The lowest BCUT2D eigenvalue weighted by Crippen LogP contribution is -2.62. The van der Waals surface area contributed by atoms with Crippen LogP contribution in [0.5, 0.6) is 5.75 Å². The molecule has 3 nitrogen and oxygen atoms in total. The van der Waals surface area contributed by atoms with Gasteiger partial charge in [-0.25, -0.2) is 0 Å². The Balaban J connectivity index is 1.65. The monoisotopic (exact) mass is 268 g/mol. The van der Waals surface area contributed by atoms with Crippen LogP contribution in [0, 0.1) is 5.41 Å². The molecule has 2 saturated carbocycles. The summed E-state index contributed by atoms with van der Waals surface area (Å²) in [7, 11) is 0. The summed E-state index contributed by atoms with van der Waals surface area (Å²) in [5.41, 5.74) is 7.52. The summed E-state index contributed by atoms with van der Waals surface area (Å²) in [6, 6.07) is 10.5. The number of rotatable bonds is 2. The highest BCUT2D eigenvalue weighted by Crippen LogP contribution is 2.54. The fraction of sp³-hybridized carbons (Fsp3) is 0.471. The summed E-state index contributed by atoms with van der Waals surface area (Å²) in [5.74, 6) is 0.957. The zero-order chi connectivity index (χ0) is 13.6. The second kappa shape index (κ2) is 4.45. The van der Waals surface area contributed by atoms with Crippen molar-refractivity contribution < 1.29 is 4.74 Å². The van der Waals surface area contributed by atoms with Crippen molar-refractivity contribution in [2.45, 2.75) is 44.2 Å². The first-order valence-corrected chi connectivity index (χ1v) is 7.56. The molecule has 0 bridgehead atoms. The van der Waals surface area contributed by atoms with Crippen molar-refractivity contribution in [1.82, 2.24) is 4.98 Å². The van der Waals surface area contributed by atoms with E-state index in [9.17, 15) is 0 Å². The molecule has 0 amide bonds. The van der Waals surface area contributed by atoms with E-state index in [4.69, 9.17) is 10.5 Å². The van der Waals surface area contributed by atoms with E-state index in [2.05, 4.69) is 17.1 Å². The summed E-state index contributed by atoms with van der Waals surface area (Å²) >= 11 is 0. The molecule has 2 aromatic rings. The number of nitrogens with two attached hydrogens (primary N) is 1. The van der Waals surface area contributed by atoms with Crippen molar-refractivity contribution in [1.29, 1.82) is 0 Å². The first kappa shape index (κ1) is 12.2. The van der Waals surface area contributed by atoms with Gasteiger partial charge in [-0.05, 0) is 37.1 Å². The fourth-order valence-electron chi connectivity index (χ4n) is 4.00. The Morgan fingerprint density at radius 3 is 2.80 bits per heavy atom. The second-order valence-electron chi connectivity index (χ2n) is 6.22. The van der Waals surface area contributed by atoms with Gasteiger partial charge in [0.05, 0.1) is 5.52 Å². The Labute approximate surface area is 119 Å². The van der Waals surface area contributed by atoms with E-state index in [-0.39, 0.29) is 11.5 Å². The van der Waals surface area contributed by atoms with Crippen molar-refractivity contribution in [2.24, 2.45) is 11.1 Å². The second-order valence-corrected chi connectivity index (χ2v) is 6.22. The van der Waals surface area contributed by atoms with E-state index in [1.807, 2.05) is 24.4 Å². The molecule has 1 spiro atoms. The first-order valence-electron chi connectivity index (χ1n) is 7.56. The molecule has 0 radical (unpaired) electrons. The SMILES string of the molecule is NC1CC(Oc2cccc3ncccc23)C12CCCC2. The number of benzene rings is 1. The fourth-order valence-corrected chi connectivity index (χ4v) is 4.00. The molecule has 2 N–H and O–H groups in total. The molecule has 2 fully saturated rings. The average Bonchev–Trinajstić information content (AvgIpc) is 3.00. The van der Waals surface area contributed by atoms with E-state index < -0.39 is 0 Å². The van der Waals surface area contributed by atoms with Crippen molar-refractivity contribution in [3.8, 4) is 5.75 Å². The van der Waals surface area contributed by atoms with Crippen LogP contribution in [0.25, 0.3) is 10.9 Å². The van der Waals surface area contributed by atoms with E-state index in [0.717, 1.165) is 23.1 Å². The van der Waals surface area contributed by atoms with Gasteiger partial charge in [0, 0.05) is 29.5 Å². The van der Waals surface area contributed by atoms with E-state index in [0.29, 0.717) is 6.04 Å². The Kier molecular flexibility index (Phi) is 2.71. The van der Waals surface area contributed by atoms with Crippen molar-refractivity contribution in [2.75, 3.05) is 0 Å². The Hall–Kier alpha value is -1.61.